The molecule has 76 valence electrons. The molecule has 1 aliphatic rings. The molecule has 0 N–H and O–H groups in total. The van der Waals surface area contributed by atoms with Crippen molar-refractivity contribution in [2.45, 2.75) is 6.92 Å². The van der Waals surface area contributed by atoms with Crippen LogP contribution < -0.4 is 0 Å². The molecule has 1 atom stereocenters. The van der Waals surface area contributed by atoms with Crippen LogP contribution in [-0.2, 0) is 23.9 Å². The number of ketones is 2. The van der Waals surface area contributed by atoms with E-state index in [2.05, 4.69) is 4.74 Å². The van der Waals surface area contributed by atoms with Gasteiger partial charge in [-0.25, -0.2) is 0 Å². The molecule has 0 aromatic heterocycles. The van der Waals surface area contributed by atoms with Crippen LogP contribution >= 0.6 is 0 Å². The number of allylic oxidation sites excluding steroid dienone is 2. The molecule has 0 saturated carbocycles. The van der Waals surface area contributed by atoms with E-state index in [0.717, 1.165) is 7.11 Å². The zero-order chi connectivity index (χ0) is 10.9. The number of ether oxygens (including phenoxy) is 2. The number of methoxy groups -OCH3 is 2. The Morgan fingerprint density at radius 1 is 1.21 bits per heavy atom. The van der Waals surface area contributed by atoms with E-state index in [1.165, 1.54) is 14.0 Å². The van der Waals surface area contributed by atoms with E-state index in [9.17, 15) is 14.4 Å². The molecule has 5 nitrogen and oxygen atoms in total. The number of hydrogen-bond acceptors (Lipinski definition) is 5. The van der Waals surface area contributed by atoms with Gasteiger partial charge in [0.1, 0.15) is 0 Å². The molecule has 1 unspecified atom stereocenters. The first-order chi connectivity index (χ1) is 6.54. The van der Waals surface area contributed by atoms with Crippen molar-refractivity contribution in [2.75, 3.05) is 14.2 Å². The Hall–Kier alpha value is -1.65. The minimum absolute atomic E-state index is 0.0506. The minimum Gasteiger partial charge on any atom is -0.493 e. The van der Waals surface area contributed by atoms with Gasteiger partial charge in [-0.3, -0.25) is 14.4 Å². The third kappa shape index (κ3) is 1.30. The van der Waals surface area contributed by atoms with Crippen LogP contribution in [-0.4, -0.2) is 31.8 Å². The van der Waals surface area contributed by atoms with Gasteiger partial charge in [-0.1, -0.05) is 0 Å². The number of Topliss-reactive ketones (excluding diaryl/α,β-unsaturated/α-hetero) is 2. The van der Waals surface area contributed by atoms with Crippen LogP contribution in [0.4, 0.5) is 0 Å². The summed E-state index contributed by atoms with van der Waals surface area (Å²) in [5.74, 6) is -3.42. The van der Waals surface area contributed by atoms with E-state index in [4.69, 9.17) is 4.74 Å². The van der Waals surface area contributed by atoms with E-state index in [1.54, 1.807) is 0 Å². The average Bonchev–Trinajstić information content (AvgIpc) is 2.38. The first kappa shape index (κ1) is 10.4. The topological polar surface area (TPSA) is 69.7 Å². The van der Waals surface area contributed by atoms with E-state index >= 15 is 0 Å². The first-order valence-corrected chi connectivity index (χ1v) is 3.95. The number of carbonyl (C=O) groups is 3. The van der Waals surface area contributed by atoms with E-state index in [-0.39, 0.29) is 11.3 Å². The second kappa shape index (κ2) is 3.61. The van der Waals surface area contributed by atoms with Gasteiger partial charge in [-0.2, -0.15) is 0 Å². The summed E-state index contributed by atoms with van der Waals surface area (Å²) in [6.45, 7) is 1.45. The number of carbonyl (C=O) groups excluding carboxylic acids is 3. The van der Waals surface area contributed by atoms with Crippen molar-refractivity contribution in [1.82, 2.24) is 0 Å². The standard InChI is InChI=1S/C9H10O5/c1-4-6(10)5(9(12)14-3)7(11)8(4)13-2/h5H,1-3H3. The fourth-order valence-corrected chi connectivity index (χ4v) is 1.35. The van der Waals surface area contributed by atoms with Gasteiger partial charge in [0.05, 0.1) is 14.2 Å². The summed E-state index contributed by atoms with van der Waals surface area (Å²) in [7, 11) is 2.41. The molecule has 0 spiro atoms. The SMILES string of the molecule is COC(=O)C1C(=O)C(C)=C(OC)C1=O. The van der Waals surface area contributed by atoms with Gasteiger partial charge in [0.25, 0.3) is 0 Å². The van der Waals surface area contributed by atoms with Crippen LogP contribution in [0.3, 0.4) is 0 Å². The third-order valence-electron chi connectivity index (χ3n) is 2.10. The van der Waals surface area contributed by atoms with E-state index < -0.39 is 23.5 Å². The molecular formula is C9H10O5. The lowest BCUT2D eigenvalue weighted by Crippen LogP contribution is -2.28. The highest BCUT2D eigenvalue weighted by Gasteiger charge is 2.45. The third-order valence-corrected chi connectivity index (χ3v) is 2.10. The summed E-state index contributed by atoms with van der Waals surface area (Å²) < 4.78 is 9.09. The quantitative estimate of drug-likeness (QED) is 0.455. The summed E-state index contributed by atoms with van der Waals surface area (Å²) >= 11 is 0. The molecule has 5 heteroatoms. The zero-order valence-electron chi connectivity index (χ0n) is 8.12. The molecule has 0 aromatic carbocycles. The van der Waals surface area contributed by atoms with Crippen molar-refractivity contribution in [3.63, 3.8) is 0 Å². The fourth-order valence-electron chi connectivity index (χ4n) is 1.35. The Morgan fingerprint density at radius 3 is 2.14 bits per heavy atom. The van der Waals surface area contributed by atoms with Crippen molar-refractivity contribution < 1.29 is 23.9 Å². The van der Waals surface area contributed by atoms with Gasteiger partial charge in [0, 0.05) is 5.57 Å². The largest absolute Gasteiger partial charge is 0.493 e. The minimum atomic E-state index is -1.37. The molecule has 0 fully saturated rings. The summed E-state index contributed by atoms with van der Waals surface area (Å²) in [5, 5.41) is 0. The Bertz CT molecular complexity index is 339. The first-order valence-electron chi connectivity index (χ1n) is 3.95. The second-order valence-electron chi connectivity index (χ2n) is 2.84. The molecule has 1 rings (SSSR count). The smallest absolute Gasteiger partial charge is 0.324 e. The lowest BCUT2D eigenvalue weighted by Gasteiger charge is -2.04. The summed E-state index contributed by atoms with van der Waals surface area (Å²) in [4.78, 5) is 34.0. The van der Waals surface area contributed by atoms with Gasteiger partial charge in [-0.15, -0.1) is 0 Å². The molecular weight excluding hydrogens is 188 g/mol. The highest BCUT2D eigenvalue weighted by atomic mass is 16.5. The zero-order valence-corrected chi connectivity index (χ0v) is 8.12. The lowest BCUT2D eigenvalue weighted by molar-refractivity contribution is -0.150. The molecule has 0 saturated heterocycles. The fraction of sp³-hybridized carbons (Fsp3) is 0.444. The summed E-state index contributed by atoms with van der Waals surface area (Å²) in [5.41, 5.74) is 0.174. The number of rotatable bonds is 2. The van der Waals surface area contributed by atoms with Crippen LogP contribution in [0.15, 0.2) is 11.3 Å². The maximum atomic E-state index is 11.5. The van der Waals surface area contributed by atoms with Crippen LogP contribution in [0.2, 0.25) is 0 Å². The molecule has 0 radical (unpaired) electrons. The highest BCUT2D eigenvalue weighted by molar-refractivity contribution is 6.32. The van der Waals surface area contributed by atoms with E-state index in [1.807, 2.05) is 0 Å². The maximum Gasteiger partial charge on any atom is 0.324 e. The summed E-state index contributed by atoms with van der Waals surface area (Å²) in [6, 6.07) is 0. The van der Waals surface area contributed by atoms with Crippen molar-refractivity contribution in [1.29, 1.82) is 0 Å². The van der Waals surface area contributed by atoms with Crippen molar-refractivity contribution in [3.8, 4) is 0 Å². The number of esters is 1. The number of hydrogen-bond donors (Lipinski definition) is 0. The molecule has 0 amide bonds. The van der Waals surface area contributed by atoms with Crippen molar-refractivity contribution >= 4 is 17.5 Å². The predicted molar refractivity (Wildman–Crippen MR) is 45.2 cm³/mol. The molecule has 0 heterocycles. The molecule has 0 aromatic rings. The molecule has 1 aliphatic carbocycles. The van der Waals surface area contributed by atoms with Gasteiger partial charge in [0.2, 0.25) is 5.78 Å². The van der Waals surface area contributed by atoms with Gasteiger partial charge in [-0.05, 0) is 6.92 Å². The maximum absolute atomic E-state index is 11.5. The van der Waals surface area contributed by atoms with E-state index in [0.29, 0.717) is 0 Å². The Kier molecular flexibility index (Phi) is 2.69. The molecule has 0 bridgehead atoms. The van der Waals surface area contributed by atoms with Gasteiger partial charge < -0.3 is 9.47 Å². The van der Waals surface area contributed by atoms with Gasteiger partial charge in [0.15, 0.2) is 17.5 Å². The van der Waals surface area contributed by atoms with Crippen molar-refractivity contribution in [2.24, 2.45) is 5.92 Å². The Labute approximate surface area is 80.7 Å². The second-order valence-corrected chi connectivity index (χ2v) is 2.84. The highest BCUT2D eigenvalue weighted by Crippen LogP contribution is 2.25. The van der Waals surface area contributed by atoms with Gasteiger partial charge >= 0.3 is 5.97 Å². The monoisotopic (exact) mass is 198 g/mol. The van der Waals surface area contributed by atoms with Crippen LogP contribution in [0.5, 0.6) is 0 Å². The van der Waals surface area contributed by atoms with Crippen LogP contribution in [0, 0.1) is 5.92 Å². The lowest BCUT2D eigenvalue weighted by atomic mass is 10.0. The average molecular weight is 198 g/mol. The van der Waals surface area contributed by atoms with Crippen molar-refractivity contribution in [3.05, 3.63) is 11.3 Å². The molecule has 0 aliphatic heterocycles. The molecule has 14 heavy (non-hydrogen) atoms. The summed E-state index contributed by atoms with van der Waals surface area (Å²) in [6.07, 6.45) is 0. The normalized spacial score (nSPS) is 21.5. The Morgan fingerprint density at radius 2 is 1.79 bits per heavy atom. The Balaban J connectivity index is 3.06. The van der Waals surface area contributed by atoms with Crippen LogP contribution in [0.1, 0.15) is 6.92 Å². The predicted octanol–water partition coefficient (Wildman–Crippen LogP) is -0.152. The van der Waals surface area contributed by atoms with Crippen LogP contribution in [0.25, 0.3) is 0 Å².